The Kier molecular flexibility index (Phi) is 4.43. The number of carbonyl (C=O) groups is 2. The number of anilines is 2. The highest BCUT2D eigenvalue weighted by Gasteiger charge is 2.27. The third kappa shape index (κ3) is 3.36. The van der Waals surface area contributed by atoms with Gasteiger partial charge in [0.1, 0.15) is 10.9 Å². The molecular weight excluding hydrogens is 328 g/mol. The summed E-state index contributed by atoms with van der Waals surface area (Å²) in [7, 11) is 0. The number of carboxylic acid groups (broad SMARTS) is 2. The highest BCUT2D eigenvalue weighted by atomic mass is 32.1. The number of nitrogens with one attached hydrogen (secondary N) is 1. The van der Waals surface area contributed by atoms with Gasteiger partial charge in [-0.05, 0) is 24.3 Å². The fourth-order valence-corrected chi connectivity index (χ4v) is 3.47. The SMILES string of the molecule is O=C(O)CC(C(=O)O)c1nc2cccc(Nc3ccccc3)c2s1. The van der Waals surface area contributed by atoms with Crippen molar-refractivity contribution in [2.75, 3.05) is 5.32 Å². The number of thiazole rings is 1. The van der Waals surface area contributed by atoms with Crippen LogP contribution in [0.1, 0.15) is 17.3 Å². The van der Waals surface area contributed by atoms with Crippen molar-refractivity contribution >= 4 is 44.9 Å². The number of nitrogens with zero attached hydrogens (tertiary/aromatic N) is 1. The monoisotopic (exact) mass is 342 g/mol. The van der Waals surface area contributed by atoms with Gasteiger partial charge in [-0.1, -0.05) is 24.3 Å². The molecule has 122 valence electrons. The van der Waals surface area contributed by atoms with E-state index < -0.39 is 24.3 Å². The van der Waals surface area contributed by atoms with Crippen LogP contribution in [-0.4, -0.2) is 27.1 Å². The van der Waals surface area contributed by atoms with E-state index in [1.807, 2.05) is 42.5 Å². The quantitative estimate of drug-likeness (QED) is 0.632. The number of hydrogen-bond donors (Lipinski definition) is 3. The minimum atomic E-state index is -1.19. The molecule has 0 aliphatic carbocycles. The van der Waals surface area contributed by atoms with E-state index in [2.05, 4.69) is 10.3 Å². The lowest BCUT2D eigenvalue weighted by molar-refractivity contribution is -0.145. The number of aromatic nitrogens is 1. The van der Waals surface area contributed by atoms with Crippen molar-refractivity contribution in [2.24, 2.45) is 0 Å². The van der Waals surface area contributed by atoms with E-state index in [0.29, 0.717) is 10.5 Å². The molecule has 1 heterocycles. The van der Waals surface area contributed by atoms with Gasteiger partial charge in [-0.3, -0.25) is 9.59 Å². The first kappa shape index (κ1) is 15.9. The molecule has 0 bridgehead atoms. The lowest BCUT2D eigenvalue weighted by Gasteiger charge is -2.06. The fraction of sp³-hybridized carbons (Fsp3) is 0.118. The number of benzene rings is 2. The van der Waals surface area contributed by atoms with Crippen LogP contribution in [-0.2, 0) is 9.59 Å². The molecule has 3 aromatic rings. The van der Waals surface area contributed by atoms with E-state index in [4.69, 9.17) is 5.11 Å². The predicted molar refractivity (Wildman–Crippen MR) is 92.0 cm³/mol. The zero-order chi connectivity index (χ0) is 17.1. The van der Waals surface area contributed by atoms with Crippen molar-refractivity contribution in [1.82, 2.24) is 4.98 Å². The molecule has 0 saturated heterocycles. The zero-order valence-electron chi connectivity index (χ0n) is 12.5. The van der Waals surface area contributed by atoms with Gasteiger partial charge in [0, 0.05) is 5.69 Å². The van der Waals surface area contributed by atoms with E-state index in [0.717, 1.165) is 16.1 Å². The molecule has 6 nitrogen and oxygen atoms in total. The van der Waals surface area contributed by atoms with Crippen molar-refractivity contribution in [1.29, 1.82) is 0 Å². The Morgan fingerprint density at radius 3 is 2.50 bits per heavy atom. The largest absolute Gasteiger partial charge is 0.481 e. The standard InChI is InChI=1S/C17H14N2O4S/c20-14(21)9-11(17(22)23)16-19-13-8-4-7-12(15(13)24-16)18-10-5-2-1-3-6-10/h1-8,11,18H,9H2,(H,20,21)(H,22,23). The van der Waals surface area contributed by atoms with Crippen molar-refractivity contribution in [3.05, 3.63) is 53.5 Å². The summed E-state index contributed by atoms with van der Waals surface area (Å²) >= 11 is 1.20. The Labute approximate surface area is 141 Å². The van der Waals surface area contributed by atoms with Crippen LogP contribution in [0.3, 0.4) is 0 Å². The summed E-state index contributed by atoms with van der Waals surface area (Å²) in [6.45, 7) is 0. The Hall–Kier alpha value is -2.93. The van der Waals surface area contributed by atoms with E-state index in [9.17, 15) is 14.7 Å². The van der Waals surface area contributed by atoms with Crippen LogP contribution >= 0.6 is 11.3 Å². The van der Waals surface area contributed by atoms with E-state index in [1.54, 1.807) is 6.07 Å². The smallest absolute Gasteiger partial charge is 0.314 e. The predicted octanol–water partition coefficient (Wildman–Crippen LogP) is 3.68. The second-order valence-corrected chi connectivity index (χ2v) is 6.22. The van der Waals surface area contributed by atoms with Gasteiger partial charge in [0.2, 0.25) is 0 Å². The number of fused-ring (bicyclic) bond motifs is 1. The lowest BCUT2D eigenvalue weighted by atomic mass is 10.1. The van der Waals surface area contributed by atoms with Gasteiger partial charge >= 0.3 is 11.9 Å². The maximum Gasteiger partial charge on any atom is 0.314 e. The second kappa shape index (κ2) is 6.67. The molecule has 0 saturated carbocycles. The van der Waals surface area contributed by atoms with Gasteiger partial charge in [0.05, 0.1) is 22.3 Å². The number of carboxylic acids is 2. The Bertz CT molecular complexity index is 892. The Morgan fingerprint density at radius 1 is 1.08 bits per heavy atom. The molecule has 0 aliphatic rings. The van der Waals surface area contributed by atoms with Gasteiger partial charge in [0.25, 0.3) is 0 Å². The molecule has 7 heteroatoms. The molecule has 1 aromatic heterocycles. The van der Waals surface area contributed by atoms with Crippen molar-refractivity contribution in [3.8, 4) is 0 Å². The van der Waals surface area contributed by atoms with Crippen molar-refractivity contribution < 1.29 is 19.8 Å². The van der Waals surface area contributed by atoms with Crippen LogP contribution < -0.4 is 5.32 Å². The van der Waals surface area contributed by atoms with Crippen LogP contribution in [0, 0.1) is 0 Å². The molecule has 3 rings (SSSR count). The van der Waals surface area contributed by atoms with Crippen LogP contribution in [0.15, 0.2) is 48.5 Å². The minimum Gasteiger partial charge on any atom is -0.481 e. The normalized spacial score (nSPS) is 12.0. The third-order valence-electron chi connectivity index (χ3n) is 3.46. The summed E-state index contributed by atoms with van der Waals surface area (Å²) in [6, 6.07) is 15.1. The molecule has 0 radical (unpaired) electrons. The van der Waals surface area contributed by atoms with Crippen LogP contribution in [0.2, 0.25) is 0 Å². The summed E-state index contributed by atoms with van der Waals surface area (Å²) in [4.78, 5) is 26.6. The van der Waals surface area contributed by atoms with Gasteiger partial charge in [-0.25, -0.2) is 4.98 Å². The summed E-state index contributed by atoms with van der Waals surface area (Å²) < 4.78 is 0.799. The average molecular weight is 342 g/mol. The number of rotatable bonds is 6. The topological polar surface area (TPSA) is 99.5 Å². The van der Waals surface area contributed by atoms with Crippen LogP contribution in [0.25, 0.3) is 10.2 Å². The Morgan fingerprint density at radius 2 is 1.83 bits per heavy atom. The maximum atomic E-state index is 11.4. The average Bonchev–Trinajstić information content (AvgIpc) is 2.98. The maximum absolute atomic E-state index is 11.4. The second-order valence-electron chi connectivity index (χ2n) is 5.19. The third-order valence-corrected chi connectivity index (χ3v) is 4.68. The van der Waals surface area contributed by atoms with Gasteiger partial charge < -0.3 is 15.5 Å². The summed E-state index contributed by atoms with van der Waals surface area (Å²) in [5.74, 6) is -3.50. The molecule has 0 spiro atoms. The molecule has 0 amide bonds. The van der Waals surface area contributed by atoms with Gasteiger partial charge in [-0.2, -0.15) is 0 Å². The number of hydrogen-bond acceptors (Lipinski definition) is 5. The van der Waals surface area contributed by atoms with Crippen molar-refractivity contribution in [2.45, 2.75) is 12.3 Å². The fourth-order valence-electron chi connectivity index (χ4n) is 2.35. The molecule has 2 aromatic carbocycles. The Balaban J connectivity index is 2.00. The molecule has 3 N–H and O–H groups in total. The van der Waals surface area contributed by atoms with E-state index in [1.165, 1.54) is 11.3 Å². The van der Waals surface area contributed by atoms with Crippen LogP contribution in [0.5, 0.6) is 0 Å². The minimum absolute atomic E-state index is 0.294. The first-order valence-electron chi connectivity index (χ1n) is 7.20. The first-order chi connectivity index (χ1) is 11.5. The highest BCUT2D eigenvalue weighted by Crippen LogP contribution is 2.35. The summed E-state index contributed by atoms with van der Waals surface area (Å²) in [5, 5.41) is 21.8. The molecular formula is C17H14N2O4S. The molecule has 0 aliphatic heterocycles. The lowest BCUT2D eigenvalue weighted by Crippen LogP contribution is -2.15. The summed E-state index contributed by atoms with van der Waals surface area (Å²) in [6.07, 6.45) is -0.489. The highest BCUT2D eigenvalue weighted by molar-refractivity contribution is 7.19. The molecule has 0 fully saturated rings. The first-order valence-corrected chi connectivity index (χ1v) is 8.02. The van der Waals surface area contributed by atoms with Gasteiger partial charge in [0.15, 0.2) is 0 Å². The van der Waals surface area contributed by atoms with Crippen molar-refractivity contribution in [3.63, 3.8) is 0 Å². The van der Waals surface area contributed by atoms with E-state index >= 15 is 0 Å². The van der Waals surface area contributed by atoms with E-state index in [-0.39, 0.29) is 0 Å². The number of para-hydroxylation sites is 1. The molecule has 24 heavy (non-hydrogen) atoms. The zero-order valence-corrected chi connectivity index (χ0v) is 13.3. The molecule has 1 unspecified atom stereocenters. The van der Waals surface area contributed by atoms with Crippen LogP contribution in [0.4, 0.5) is 11.4 Å². The molecule has 1 atom stereocenters. The number of aliphatic carboxylic acids is 2. The van der Waals surface area contributed by atoms with Gasteiger partial charge in [-0.15, -0.1) is 11.3 Å². The summed E-state index contributed by atoms with van der Waals surface area (Å²) in [5.41, 5.74) is 2.36.